The fourth-order valence-electron chi connectivity index (χ4n) is 8.33. The standard InChI is InChI=1S/C49H34N2/c1-49(2)43-28-24-32-14-7-9-19-37(32)47(43)42-25-23-34(29-44(42)49)36-26-27-41(39-21-11-10-20-38(36)39)48-50-45(33-15-4-3-5-16-33)30-46(51-48)40-22-12-17-31-13-6-8-18-35(31)40/h3-30H,1-2H3. The first-order chi connectivity index (χ1) is 25.0. The molecule has 10 rings (SSSR count). The van der Waals surface area contributed by atoms with Crippen LogP contribution in [0.2, 0.25) is 0 Å². The van der Waals surface area contributed by atoms with Crippen LogP contribution in [-0.2, 0) is 5.41 Å². The molecule has 9 aromatic rings. The molecule has 0 N–H and O–H groups in total. The van der Waals surface area contributed by atoms with Crippen LogP contribution in [0.4, 0.5) is 0 Å². The zero-order valence-corrected chi connectivity index (χ0v) is 28.6. The molecule has 0 amide bonds. The van der Waals surface area contributed by atoms with Gasteiger partial charge in [-0.05, 0) is 83.9 Å². The topological polar surface area (TPSA) is 25.8 Å². The number of rotatable bonds is 4. The zero-order chi connectivity index (χ0) is 34.1. The van der Waals surface area contributed by atoms with Crippen molar-refractivity contribution in [2.75, 3.05) is 0 Å². The van der Waals surface area contributed by atoms with Crippen molar-refractivity contribution < 1.29 is 0 Å². The number of benzene rings is 8. The van der Waals surface area contributed by atoms with Gasteiger partial charge >= 0.3 is 0 Å². The van der Waals surface area contributed by atoms with Gasteiger partial charge in [0.15, 0.2) is 5.82 Å². The van der Waals surface area contributed by atoms with Crippen molar-refractivity contribution in [3.05, 3.63) is 181 Å². The summed E-state index contributed by atoms with van der Waals surface area (Å²) in [4.78, 5) is 10.5. The Hall–Kier alpha value is -6.38. The summed E-state index contributed by atoms with van der Waals surface area (Å²) in [6.45, 7) is 4.73. The predicted molar refractivity (Wildman–Crippen MR) is 214 cm³/mol. The molecular weight excluding hydrogens is 617 g/mol. The molecule has 8 aromatic carbocycles. The third-order valence-corrected chi connectivity index (χ3v) is 10.9. The van der Waals surface area contributed by atoms with Crippen LogP contribution < -0.4 is 0 Å². The lowest BCUT2D eigenvalue weighted by Crippen LogP contribution is -2.15. The molecule has 1 heterocycles. The van der Waals surface area contributed by atoms with Crippen LogP contribution in [0.5, 0.6) is 0 Å². The highest BCUT2D eigenvalue weighted by atomic mass is 14.9. The van der Waals surface area contributed by atoms with Gasteiger partial charge in [-0.15, -0.1) is 0 Å². The molecule has 0 saturated heterocycles. The summed E-state index contributed by atoms with van der Waals surface area (Å²) in [7, 11) is 0. The average Bonchev–Trinajstić information content (AvgIpc) is 3.43. The van der Waals surface area contributed by atoms with Gasteiger partial charge in [0.25, 0.3) is 0 Å². The van der Waals surface area contributed by atoms with Crippen molar-refractivity contribution in [1.29, 1.82) is 0 Å². The number of nitrogens with zero attached hydrogens (tertiary/aromatic N) is 2. The van der Waals surface area contributed by atoms with Crippen LogP contribution in [-0.4, -0.2) is 9.97 Å². The van der Waals surface area contributed by atoms with Crippen LogP contribution >= 0.6 is 0 Å². The van der Waals surface area contributed by atoms with E-state index >= 15 is 0 Å². The highest BCUT2D eigenvalue weighted by Crippen LogP contribution is 2.52. The minimum Gasteiger partial charge on any atom is -0.228 e. The smallest absolute Gasteiger partial charge is 0.161 e. The van der Waals surface area contributed by atoms with Gasteiger partial charge in [0.05, 0.1) is 11.4 Å². The molecule has 0 spiro atoms. The third kappa shape index (κ3) is 4.64. The Morgan fingerprint density at radius 1 is 0.373 bits per heavy atom. The van der Waals surface area contributed by atoms with E-state index in [1.54, 1.807) is 0 Å². The van der Waals surface area contributed by atoms with Crippen LogP contribution in [0.15, 0.2) is 170 Å². The molecule has 0 bridgehead atoms. The largest absolute Gasteiger partial charge is 0.228 e. The Morgan fingerprint density at radius 3 is 1.78 bits per heavy atom. The highest BCUT2D eigenvalue weighted by molar-refractivity contribution is 6.06. The van der Waals surface area contributed by atoms with Crippen molar-refractivity contribution in [2.24, 2.45) is 0 Å². The number of fused-ring (bicyclic) bond motifs is 7. The first-order valence-corrected chi connectivity index (χ1v) is 17.7. The quantitative estimate of drug-likeness (QED) is 0.189. The Bertz CT molecular complexity index is 2820. The summed E-state index contributed by atoms with van der Waals surface area (Å²) < 4.78 is 0. The molecular formula is C49H34N2. The van der Waals surface area contributed by atoms with Crippen molar-refractivity contribution in [3.63, 3.8) is 0 Å². The summed E-state index contributed by atoms with van der Waals surface area (Å²) >= 11 is 0. The first-order valence-electron chi connectivity index (χ1n) is 17.7. The van der Waals surface area contributed by atoms with Gasteiger partial charge in [0.2, 0.25) is 0 Å². The second kappa shape index (κ2) is 11.3. The van der Waals surface area contributed by atoms with Crippen molar-refractivity contribution in [3.8, 4) is 56.2 Å². The van der Waals surface area contributed by atoms with Crippen molar-refractivity contribution in [2.45, 2.75) is 19.3 Å². The lowest BCUT2D eigenvalue weighted by atomic mass is 9.81. The minimum absolute atomic E-state index is 0.107. The second-order valence-electron chi connectivity index (χ2n) is 14.2. The van der Waals surface area contributed by atoms with Crippen LogP contribution in [0, 0.1) is 0 Å². The zero-order valence-electron chi connectivity index (χ0n) is 28.6. The number of hydrogen-bond donors (Lipinski definition) is 0. The molecule has 2 heteroatoms. The molecule has 1 aliphatic rings. The molecule has 1 aliphatic carbocycles. The fraction of sp³-hybridized carbons (Fsp3) is 0.0612. The molecule has 0 fully saturated rings. The highest BCUT2D eigenvalue weighted by Gasteiger charge is 2.36. The fourth-order valence-corrected chi connectivity index (χ4v) is 8.33. The minimum atomic E-state index is -0.107. The Morgan fingerprint density at radius 2 is 0.980 bits per heavy atom. The molecule has 240 valence electrons. The normalized spacial score (nSPS) is 13.1. The monoisotopic (exact) mass is 650 g/mol. The summed E-state index contributed by atoms with van der Waals surface area (Å²) in [5, 5.41) is 7.31. The Balaban J connectivity index is 1.15. The van der Waals surface area contributed by atoms with Gasteiger partial charge in [0, 0.05) is 22.1 Å². The second-order valence-corrected chi connectivity index (χ2v) is 14.2. The van der Waals surface area contributed by atoms with Crippen molar-refractivity contribution >= 4 is 32.3 Å². The van der Waals surface area contributed by atoms with Gasteiger partial charge in [-0.2, -0.15) is 0 Å². The van der Waals surface area contributed by atoms with Crippen molar-refractivity contribution in [1.82, 2.24) is 9.97 Å². The van der Waals surface area contributed by atoms with Gasteiger partial charge < -0.3 is 0 Å². The van der Waals surface area contributed by atoms with Gasteiger partial charge in [-0.1, -0.05) is 166 Å². The summed E-state index contributed by atoms with van der Waals surface area (Å²) in [5.74, 6) is 0.722. The van der Waals surface area contributed by atoms with Crippen LogP contribution in [0.1, 0.15) is 25.0 Å². The summed E-state index contributed by atoms with van der Waals surface area (Å²) in [5.41, 5.74) is 12.8. The van der Waals surface area contributed by atoms with Gasteiger partial charge in [-0.3, -0.25) is 0 Å². The van der Waals surface area contributed by atoms with E-state index in [2.05, 4.69) is 178 Å². The third-order valence-electron chi connectivity index (χ3n) is 10.9. The van der Waals surface area contributed by atoms with E-state index in [-0.39, 0.29) is 5.41 Å². The Labute approximate surface area is 297 Å². The lowest BCUT2D eigenvalue weighted by molar-refractivity contribution is 0.661. The van der Waals surface area contributed by atoms with Crippen LogP contribution in [0.25, 0.3) is 88.5 Å². The molecule has 2 nitrogen and oxygen atoms in total. The lowest BCUT2D eigenvalue weighted by Gasteiger charge is -2.22. The molecule has 0 radical (unpaired) electrons. The van der Waals surface area contributed by atoms with E-state index in [1.807, 2.05) is 6.07 Å². The van der Waals surface area contributed by atoms with E-state index in [0.717, 1.165) is 39.3 Å². The van der Waals surface area contributed by atoms with E-state index < -0.39 is 0 Å². The number of hydrogen-bond acceptors (Lipinski definition) is 2. The molecule has 0 atom stereocenters. The van der Waals surface area contributed by atoms with Gasteiger partial charge in [-0.25, -0.2) is 9.97 Å². The summed E-state index contributed by atoms with van der Waals surface area (Å²) in [6, 6.07) is 61.1. The molecule has 0 aliphatic heterocycles. The average molecular weight is 651 g/mol. The van der Waals surface area contributed by atoms with E-state index in [4.69, 9.17) is 9.97 Å². The SMILES string of the molecule is CC1(C)c2cc(-c3ccc(-c4nc(-c5ccccc5)cc(-c5cccc6ccccc56)n4)c4ccccc34)ccc2-c2c1ccc1ccccc21. The Kier molecular flexibility index (Phi) is 6.56. The molecule has 1 aromatic heterocycles. The molecule has 51 heavy (non-hydrogen) atoms. The van der Waals surface area contributed by atoms with E-state index in [1.165, 1.54) is 60.3 Å². The molecule has 0 unspecified atom stereocenters. The maximum absolute atomic E-state index is 5.31. The predicted octanol–water partition coefficient (Wildman–Crippen LogP) is 12.9. The maximum atomic E-state index is 5.31. The van der Waals surface area contributed by atoms with E-state index in [0.29, 0.717) is 0 Å². The van der Waals surface area contributed by atoms with Crippen LogP contribution in [0.3, 0.4) is 0 Å². The number of aromatic nitrogens is 2. The first kappa shape index (κ1) is 29.5. The van der Waals surface area contributed by atoms with E-state index in [9.17, 15) is 0 Å². The maximum Gasteiger partial charge on any atom is 0.161 e. The summed E-state index contributed by atoms with van der Waals surface area (Å²) in [6.07, 6.45) is 0. The molecule has 0 saturated carbocycles. The van der Waals surface area contributed by atoms with Gasteiger partial charge in [0.1, 0.15) is 0 Å².